The Morgan fingerprint density at radius 1 is 1.19 bits per heavy atom. The first kappa shape index (κ1) is 17.9. The van der Waals surface area contributed by atoms with Crippen LogP contribution in [0.2, 0.25) is 0 Å². The SMILES string of the molecule is O=C(N1CCNCC1)N1N=C(C2C=C(F)C=CC2F)CC1c1ccccc1. The first-order valence-corrected chi connectivity index (χ1v) is 9.24. The van der Waals surface area contributed by atoms with Crippen LogP contribution < -0.4 is 5.32 Å². The van der Waals surface area contributed by atoms with Gasteiger partial charge in [0, 0.05) is 32.6 Å². The van der Waals surface area contributed by atoms with Gasteiger partial charge in [0.2, 0.25) is 0 Å². The molecular weight excluding hydrogens is 350 g/mol. The lowest BCUT2D eigenvalue weighted by atomic mass is 9.89. The Bertz CT molecular complexity index is 786. The van der Waals surface area contributed by atoms with Crippen LogP contribution in [0.3, 0.4) is 0 Å². The van der Waals surface area contributed by atoms with Crippen molar-refractivity contribution in [3.63, 3.8) is 0 Å². The normalized spacial score (nSPS) is 28.1. The number of halogens is 2. The van der Waals surface area contributed by atoms with Gasteiger partial charge in [-0.2, -0.15) is 5.10 Å². The van der Waals surface area contributed by atoms with Crippen LogP contribution in [0.15, 0.2) is 59.5 Å². The Morgan fingerprint density at radius 2 is 1.93 bits per heavy atom. The van der Waals surface area contributed by atoms with Crippen molar-refractivity contribution in [3.05, 3.63) is 60.0 Å². The van der Waals surface area contributed by atoms with Crippen molar-refractivity contribution in [2.45, 2.75) is 18.6 Å². The standard InChI is InChI=1S/C20H22F2N4O/c21-15-6-7-17(22)16(12-15)18-13-19(14-4-2-1-3-5-14)26(24-18)20(27)25-10-8-23-9-11-25/h1-7,12,16-17,19,23H,8-11,13H2. The van der Waals surface area contributed by atoms with Crippen molar-refractivity contribution in [2.24, 2.45) is 11.0 Å². The predicted molar refractivity (Wildman–Crippen MR) is 99.6 cm³/mol. The molecule has 1 N–H and O–H groups in total. The Kier molecular flexibility index (Phi) is 5.03. The maximum absolute atomic E-state index is 14.4. The number of urea groups is 1. The van der Waals surface area contributed by atoms with Gasteiger partial charge in [0.05, 0.1) is 17.7 Å². The number of amides is 2. The van der Waals surface area contributed by atoms with E-state index in [4.69, 9.17) is 0 Å². The number of alkyl halides is 1. The molecule has 0 saturated carbocycles. The van der Waals surface area contributed by atoms with Crippen molar-refractivity contribution in [1.29, 1.82) is 0 Å². The average molecular weight is 372 g/mol. The number of benzene rings is 1. The lowest BCUT2D eigenvalue weighted by Gasteiger charge is -2.32. The maximum Gasteiger partial charge on any atom is 0.341 e. The van der Waals surface area contributed by atoms with Gasteiger partial charge in [-0.1, -0.05) is 30.3 Å². The van der Waals surface area contributed by atoms with Gasteiger partial charge < -0.3 is 10.2 Å². The van der Waals surface area contributed by atoms with Gasteiger partial charge in [0.25, 0.3) is 0 Å². The van der Waals surface area contributed by atoms with Crippen LogP contribution in [0.25, 0.3) is 0 Å². The minimum Gasteiger partial charge on any atom is -0.321 e. The van der Waals surface area contributed by atoms with Gasteiger partial charge in [-0.3, -0.25) is 0 Å². The monoisotopic (exact) mass is 372 g/mol. The molecule has 3 unspecified atom stereocenters. The largest absolute Gasteiger partial charge is 0.341 e. The van der Waals surface area contributed by atoms with Crippen molar-refractivity contribution >= 4 is 11.7 Å². The summed E-state index contributed by atoms with van der Waals surface area (Å²) in [7, 11) is 0. The summed E-state index contributed by atoms with van der Waals surface area (Å²) in [6, 6.07) is 9.09. The number of piperazine rings is 1. The molecule has 7 heteroatoms. The highest BCUT2D eigenvalue weighted by atomic mass is 19.1. The molecule has 1 fully saturated rings. The molecule has 0 radical (unpaired) electrons. The molecule has 0 spiro atoms. The summed E-state index contributed by atoms with van der Waals surface area (Å²) in [4.78, 5) is 14.8. The number of carbonyl (C=O) groups excluding carboxylic acids is 1. The third-order valence-corrected chi connectivity index (χ3v) is 5.21. The Balaban J connectivity index is 1.64. The first-order valence-electron chi connectivity index (χ1n) is 9.24. The van der Waals surface area contributed by atoms with Crippen molar-refractivity contribution in [2.75, 3.05) is 26.2 Å². The molecule has 27 heavy (non-hydrogen) atoms. The lowest BCUT2D eigenvalue weighted by Crippen LogP contribution is -2.50. The van der Waals surface area contributed by atoms with E-state index >= 15 is 0 Å². The van der Waals surface area contributed by atoms with Crippen LogP contribution in [0, 0.1) is 5.92 Å². The number of rotatable bonds is 2. The van der Waals surface area contributed by atoms with Gasteiger partial charge in [-0.25, -0.2) is 18.6 Å². The molecule has 0 aromatic heterocycles. The summed E-state index contributed by atoms with van der Waals surface area (Å²) in [5, 5.41) is 9.15. The van der Waals surface area contributed by atoms with Crippen molar-refractivity contribution < 1.29 is 13.6 Å². The molecule has 2 heterocycles. The molecule has 2 aliphatic heterocycles. The zero-order chi connectivity index (χ0) is 18.8. The summed E-state index contributed by atoms with van der Waals surface area (Å²) in [5.74, 6) is -1.25. The van der Waals surface area contributed by atoms with E-state index in [1.54, 1.807) is 4.90 Å². The second-order valence-corrected chi connectivity index (χ2v) is 6.97. The van der Waals surface area contributed by atoms with E-state index in [0.717, 1.165) is 24.7 Å². The smallest absolute Gasteiger partial charge is 0.321 e. The number of carbonyl (C=O) groups is 1. The zero-order valence-electron chi connectivity index (χ0n) is 14.9. The summed E-state index contributed by atoms with van der Waals surface area (Å²) in [6.07, 6.45) is 2.65. The summed E-state index contributed by atoms with van der Waals surface area (Å²) in [6.45, 7) is 2.68. The fraction of sp³-hybridized carbons (Fsp3) is 0.400. The number of allylic oxidation sites excluding steroid dienone is 4. The van der Waals surface area contributed by atoms with E-state index in [2.05, 4.69) is 10.4 Å². The fourth-order valence-corrected chi connectivity index (χ4v) is 3.75. The highest BCUT2D eigenvalue weighted by molar-refractivity contribution is 5.93. The number of nitrogens with zero attached hydrogens (tertiary/aromatic N) is 3. The second-order valence-electron chi connectivity index (χ2n) is 6.97. The Hall–Kier alpha value is -2.54. The first-order chi connectivity index (χ1) is 13.1. The van der Waals surface area contributed by atoms with Gasteiger partial charge in [0.1, 0.15) is 12.0 Å². The molecule has 1 aliphatic carbocycles. The summed E-state index contributed by atoms with van der Waals surface area (Å²) >= 11 is 0. The van der Waals surface area contributed by atoms with E-state index in [1.807, 2.05) is 30.3 Å². The second kappa shape index (κ2) is 7.60. The quantitative estimate of drug-likeness (QED) is 0.867. The van der Waals surface area contributed by atoms with E-state index in [1.165, 1.54) is 17.2 Å². The molecule has 3 aliphatic rings. The number of hydrogen-bond donors (Lipinski definition) is 1. The number of hydrogen-bond acceptors (Lipinski definition) is 3. The van der Waals surface area contributed by atoms with Crippen LogP contribution >= 0.6 is 0 Å². The molecule has 1 aromatic carbocycles. The van der Waals surface area contributed by atoms with E-state index in [9.17, 15) is 13.6 Å². The topological polar surface area (TPSA) is 47.9 Å². The third kappa shape index (κ3) is 3.64. The molecule has 142 valence electrons. The summed E-state index contributed by atoms with van der Waals surface area (Å²) < 4.78 is 28.1. The van der Waals surface area contributed by atoms with E-state index in [-0.39, 0.29) is 12.1 Å². The number of nitrogens with one attached hydrogen (secondary N) is 1. The van der Waals surface area contributed by atoms with Gasteiger partial charge in [0.15, 0.2) is 0 Å². The van der Waals surface area contributed by atoms with E-state index < -0.39 is 17.9 Å². The highest BCUT2D eigenvalue weighted by Crippen LogP contribution is 2.36. The molecule has 1 saturated heterocycles. The Morgan fingerprint density at radius 3 is 2.67 bits per heavy atom. The minimum atomic E-state index is -1.34. The third-order valence-electron chi connectivity index (χ3n) is 5.21. The lowest BCUT2D eigenvalue weighted by molar-refractivity contribution is 0.136. The predicted octanol–water partition coefficient (Wildman–Crippen LogP) is 3.19. The Labute approximate surface area is 157 Å². The fourth-order valence-electron chi connectivity index (χ4n) is 3.75. The van der Waals surface area contributed by atoms with Gasteiger partial charge in [-0.05, 0) is 23.8 Å². The average Bonchev–Trinajstić information content (AvgIpc) is 3.16. The minimum absolute atomic E-state index is 0.188. The molecule has 1 aromatic rings. The molecule has 5 nitrogen and oxygen atoms in total. The number of hydrazone groups is 1. The summed E-state index contributed by atoms with van der Waals surface area (Å²) in [5.41, 5.74) is 1.44. The molecular formula is C20H22F2N4O. The molecule has 2 amide bonds. The van der Waals surface area contributed by atoms with E-state index in [0.29, 0.717) is 25.2 Å². The van der Waals surface area contributed by atoms with Crippen molar-refractivity contribution in [3.8, 4) is 0 Å². The van der Waals surface area contributed by atoms with Gasteiger partial charge >= 0.3 is 6.03 Å². The van der Waals surface area contributed by atoms with Crippen molar-refractivity contribution in [1.82, 2.24) is 15.2 Å². The molecule has 0 bridgehead atoms. The van der Waals surface area contributed by atoms with Crippen LogP contribution in [0.1, 0.15) is 18.0 Å². The van der Waals surface area contributed by atoms with Crippen LogP contribution in [0.5, 0.6) is 0 Å². The molecule has 3 atom stereocenters. The zero-order valence-corrected chi connectivity index (χ0v) is 14.9. The van der Waals surface area contributed by atoms with Crippen LogP contribution in [0.4, 0.5) is 13.6 Å². The molecule has 4 rings (SSSR count). The van der Waals surface area contributed by atoms with Crippen LogP contribution in [-0.2, 0) is 0 Å². The van der Waals surface area contributed by atoms with Gasteiger partial charge in [-0.15, -0.1) is 0 Å². The van der Waals surface area contributed by atoms with Crippen LogP contribution in [-0.4, -0.2) is 54.0 Å². The highest BCUT2D eigenvalue weighted by Gasteiger charge is 2.39. The maximum atomic E-state index is 14.4.